The lowest BCUT2D eigenvalue weighted by molar-refractivity contribution is 0.0593. The summed E-state index contributed by atoms with van der Waals surface area (Å²) < 4.78 is 6.20. The number of esters is 1. The molecule has 0 aliphatic heterocycles. The number of aromatic nitrogens is 2. The third kappa shape index (κ3) is 2.48. The van der Waals surface area contributed by atoms with Gasteiger partial charge in [-0.2, -0.15) is 5.10 Å². The first-order valence-corrected chi connectivity index (χ1v) is 4.88. The van der Waals surface area contributed by atoms with Gasteiger partial charge in [0.15, 0.2) is 5.69 Å². The lowest BCUT2D eigenvalue weighted by Crippen LogP contribution is -2.05. The number of nitrogens with zero attached hydrogens (tertiary/aromatic N) is 2. The van der Waals surface area contributed by atoms with Crippen LogP contribution in [-0.4, -0.2) is 22.9 Å². The predicted octanol–water partition coefficient (Wildman–Crippen LogP) is 2.12. The largest absolute Gasteiger partial charge is 0.464 e. The third-order valence-corrected chi connectivity index (χ3v) is 2.11. The van der Waals surface area contributed by atoms with Crippen LogP contribution in [0.4, 0.5) is 0 Å². The molecule has 0 N–H and O–H groups in total. The zero-order chi connectivity index (χ0) is 10.6. The highest BCUT2D eigenvalue weighted by Crippen LogP contribution is 2.14. The second kappa shape index (κ2) is 5.00. The smallest absolute Gasteiger partial charge is 0.360 e. The normalized spacial score (nSPS) is 10.2. The van der Waals surface area contributed by atoms with E-state index >= 15 is 0 Å². The molecule has 0 atom stereocenters. The van der Waals surface area contributed by atoms with Crippen LogP contribution >= 0.6 is 11.6 Å². The van der Waals surface area contributed by atoms with Crippen LogP contribution in [0.1, 0.15) is 30.3 Å². The van der Waals surface area contributed by atoms with Crippen molar-refractivity contribution in [3.63, 3.8) is 0 Å². The summed E-state index contributed by atoms with van der Waals surface area (Å²) in [5.74, 6) is -0.495. The molecule has 0 spiro atoms. The van der Waals surface area contributed by atoms with Crippen molar-refractivity contribution < 1.29 is 9.53 Å². The fraction of sp³-hybridized carbons (Fsp3) is 0.556. The number of carbonyl (C=O) groups excluding carboxylic acids is 1. The van der Waals surface area contributed by atoms with Crippen molar-refractivity contribution in [3.05, 3.63) is 16.9 Å². The monoisotopic (exact) mass is 216 g/mol. The van der Waals surface area contributed by atoms with E-state index in [4.69, 9.17) is 11.6 Å². The van der Waals surface area contributed by atoms with Gasteiger partial charge in [0.25, 0.3) is 0 Å². The molecule has 0 aliphatic rings. The fourth-order valence-electron chi connectivity index (χ4n) is 1.07. The highest BCUT2D eigenvalue weighted by molar-refractivity contribution is 6.33. The highest BCUT2D eigenvalue weighted by Gasteiger charge is 2.15. The van der Waals surface area contributed by atoms with Gasteiger partial charge in [-0.3, -0.25) is 4.68 Å². The molecule has 0 unspecified atom stereocenters. The van der Waals surface area contributed by atoms with Gasteiger partial charge in [-0.15, -0.1) is 0 Å². The van der Waals surface area contributed by atoms with Crippen molar-refractivity contribution in [3.8, 4) is 0 Å². The summed E-state index contributed by atoms with van der Waals surface area (Å²) in [6.07, 6.45) is 3.73. The molecule has 0 saturated heterocycles. The molecule has 1 aromatic heterocycles. The van der Waals surface area contributed by atoms with Gasteiger partial charge in [0, 0.05) is 12.7 Å². The Kier molecular flexibility index (Phi) is 3.95. The minimum absolute atomic E-state index is 0.185. The maximum Gasteiger partial charge on any atom is 0.360 e. The van der Waals surface area contributed by atoms with E-state index < -0.39 is 5.97 Å². The molecule has 1 heterocycles. The summed E-state index contributed by atoms with van der Waals surface area (Å²) in [7, 11) is 1.31. The van der Waals surface area contributed by atoms with Crippen molar-refractivity contribution in [2.75, 3.05) is 7.11 Å². The molecule has 0 amide bonds. The van der Waals surface area contributed by atoms with Gasteiger partial charge in [-0.25, -0.2) is 4.79 Å². The number of ether oxygens (including phenoxy) is 1. The minimum atomic E-state index is -0.495. The van der Waals surface area contributed by atoms with Crippen molar-refractivity contribution in [2.45, 2.75) is 26.3 Å². The first kappa shape index (κ1) is 11.0. The van der Waals surface area contributed by atoms with Gasteiger partial charge in [-0.05, 0) is 6.42 Å². The van der Waals surface area contributed by atoms with E-state index in [0.717, 1.165) is 19.4 Å². The first-order chi connectivity index (χ1) is 6.69. The molecule has 5 heteroatoms. The Bertz CT molecular complexity index is 323. The number of hydrogen-bond acceptors (Lipinski definition) is 3. The molecular formula is C9H13ClN2O2. The summed E-state index contributed by atoms with van der Waals surface area (Å²) >= 11 is 5.81. The van der Waals surface area contributed by atoms with Crippen LogP contribution in [0.25, 0.3) is 0 Å². The molecule has 1 rings (SSSR count). The third-order valence-electron chi connectivity index (χ3n) is 1.84. The topological polar surface area (TPSA) is 44.1 Å². The number of aryl methyl sites for hydroxylation is 1. The van der Waals surface area contributed by atoms with Crippen LogP contribution in [0.3, 0.4) is 0 Å². The molecule has 0 saturated carbocycles. The maximum absolute atomic E-state index is 11.1. The van der Waals surface area contributed by atoms with Crippen molar-refractivity contribution in [1.29, 1.82) is 0 Å². The summed E-state index contributed by atoms with van der Waals surface area (Å²) in [4.78, 5) is 11.1. The maximum atomic E-state index is 11.1. The number of halogens is 1. The molecule has 14 heavy (non-hydrogen) atoms. The lowest BCUT2D eigenvalue weighted by atomic mass is 10.3. The van der Waals surface area contributed by atoms with Gasteiger partial charge in [0.1, 0.15) is 0 Å². The van der Waals surface area contributed by atoms with Crippen LogP contribution in [0.2, 0.25) is 5.02 Å². The van der Waals surface area contributed by atoms with Crippen molar-refractivity contribution in [2.24, 2.45) is 0 Å². The fourth-order valence-corrected chi connectivity index (χ4v) is 1.29. The van der Waals surface area contributed by atoms with E-state index in [0.29, 0.717) is 5.02 Å². The van der Waals surface area contributed by atoms with Gasteiger partial charge in [0.05, 0.1) is 12.1 Å². The van der Waals surface area contributed by atoms with Gasteiger partial charge in [0.2, 0.25) is 0 Å². The molecule has 0 bridgehead atoms. The average molecular weight is 217 g/mol. The first-order valence-electron chi connectivity index (χ1n) is 4.50. The van der Waals surface area contributed by atoms with E-state index in [1.54, 1.807) is 10.9 Å². The van der Waals surface area contributed by atoms with Gasteiger partial charge in [-0.1, -0.05) is 24.9 Å². The standard InChI is InChI=1S/C9H13ClN2O2/c1-3-4-5-12-6-7(10)8(11-12)9(13)14-2/h6H,3-5H2,1-2H3. The average Bonchev–Trinajstić information content (AvgIpc) is 2.55. The van der Waals surface area contributed by atoms with Crippen LogP contribution in [0.15, 0.2) is 6.20 Å². The zero-order valence-corrected chi connectivity index (χ0v) is 9.04. The Morgan fingerprint density at radius 3 is 3.00 bits per heavy atom. The van der Waals surface area contributed by atoms with Crippen LogP contribution in [0.5, 0.6) is 0 Å². The van der Waals surface area contributed by atoms with E-state index in [-0.39, 0.29) is 5.69 Å². The second-order valence-electron chi connectivity index (χ2n) is 2.93. The quantitative estimate of drug-likeness (QED) is 0.725. The number of rotatable bonds is 4. The summed E-state index contributed by atoms with van der Waals surface area (Å²) in [6.45, 7) is 2.86. The van der Waals surface area contributed by atoms with E-state index in [9.17, 15) is 4.79 Å². The molecule has 0 aliphatic carbocycles. The number of unbranched alkanes of at least 4 members (excludes halogenated alkanes) is 1. The Hall–Kier alpha value is -1.03. The van der Waals surface area contributed by atoms with E-state index in [1.807, 2.05) is 0 Å². The molecule has 1 aromatic rings. The Labute approximate surface area is 87.8 Å². The zero-order valence-electron chi connectivity index (χ0n) is 8.29. The molecule has 0 radical (unpaired) electrons. The Balaban J connectivity index is 2.77. The Morgan fingerprint density at radius 2 is 2.43 bits per heavy atom. The molecule has 0 aromatic carbocycles. The van der Waals surface area contributed by atoms with Crippen molar-refractivity contribution in [1.82, 2.24) is 9.78 Å². The molecule has 78 valence electrons. The number of carbonyl (C=O) groups is 1. The van der Waals surface area contributed by atoms with Crippen molar-refractivity contribution >= 4 is 17.6 Å². The molecule has 0 fully saturated rings. The van der Waals surface area contributed by atoms with E-state index in [1.165, 1.54) is 7.11 Å². The summed E-state index contributed by atoms with van der Waals surface area (Å²) in [6, 6.07) is 0. The molecule has 4 nitrogen and oxygen atoms in total. The lowest BCUT2D eigenvalue weighted by Gasteiger charge is -1.97. The van der Waals surface area contributed by atoms with Crippen LogP contribution < -0.4 is 0 Å². The number of hydrogen-bond donors (Lipinski definition) is 0. The van der Waals surface area contributed by atoms with Crippen LogP contribution in [0, 0.1) is 0 Å². The SMILES string of the molecule is CCCCn1cc(Cl)c(C(=O)OC)n1. The number of methoxy groups -OCH3 is 1. The van der Waals surface area contributed by atoms with Crippen LogP contribution in [-0.2, 0) is 11.3 Å². The van der Waals surface area contributed by atoms with E-state index in [2.05, 4.69) is 16.8 Å². The minimum Gasteiger partial charge on any atom is -0.464 e. The van der Waals surface area contributed by atoms with Gasteiger partial charge >= 0.3 is 5.97 Å². The molecular weight excluding hydrogens is 204 g/mol. The summed E-state index contributed by atoms with van der Waals surface area (Å²) in [5, 5.41) is 4.37. The highest BCUT2D eigenvalue weighted by atomic mass is 35.5. The Morgan fingerprint density at radius 1 is 1.71 bits per heavy atom. The summed E-state index contributed by atoms with van der Waals surface area (Å²) in [5.41, 5.74) is 0.185. The second-order valence-corrected chi connectivity index (χ2v) is 3.34. The predicted molar refractivity (Wildman–Crippen MR) is 53.5 cm³/mol. The van der Waals surface area contributed by atoms with Gasteiger partial charge < -0.3 is 4.74 Å².